The molecular formula is HNbO5P. The summed E-state index contributed by atoms with van der Waals surface area (Å²) >= 11 is 0. The molecule has 5 nitrogen and oxygen atoms in total. The van der Waals surface area contributed by atoms with Gasteiger partial charge in [-0.25, -0.2) is 4.57 Å². The predicted octanol–water partition coefficient (Wildman–Crippen LogP) is -0.0223. The van der Waals surface area contributed by atoms with Crippen molar-refractivity contribution >= 4 is 7.82 Å². The van der Waals surface area contributed by atoms with Gasteiger partial charge in [-0.05, 0) is 5.04 Å². The zero-order chi connectivity index (χ0) is 4.62. The first-order valence-corrected chi connectivity index (χ1v) is 2.58. The molecular weight excluding hydrogens is 204 g/mol. The summed E-state index contributed by atoms with van der Waals surface area (Å²) in [5, 5.41) is 3.42. The summed E-state index contributed by atoms with van der Waals surface area (Å²) in [6.07, 6.45) is 0. The first kappa shape index (κ1) is 7.81. The SMILES string of the molecule is O=P1(O)OOO1.[Nb]. The molecule has 0 aliphatic carbocycles. The summed E-state index contributed by atoms with van der Waals surface area (Å²) in [4.78, 5) is 7.90. The summed E-state index contributed by atoms with van der Waals surface area (Å²) in [5.74, 6) is 0. The van der Waals surface area contributed by atoms with Crippen LogP contribution in [0.5, 0.6) is 0 Å². The Balaban J connectivity index is 0.000000360. The van der Waals surface area contributed by atoms with Gasteiger partial charge in [0.15, 0.2) is 0 Å². The van der Waals surface area contributed by atoms with E-state index >= 15 is 0 Å². The third-order valence-electron chi connectivity index (χ3n) is 0.249. The van der Waals surface area contributed by atoms with E-state index in [0.717, 1.165) is 0 Å². The van der Waals surface area contributed by atoms with Gasteiger partial charge < -0.3 is 0 Å². The summed E-state index contributed by atoms with van der Waals surface area (Å²) in [6.45, 7) is 0. The summed E-state index contributed by atoms with van der Waals surface area (Å²) in [6, 6.07) is 0. The molecule has 0 atom stereocenters. The maximum absolute atomic E-state index is 9.66. The Morgan fingerprint density at radius 1 is 1.43 bits per heavy atom. The summed E-state index contributed by atoms with van der Waals surface area (Å²) < 4.78 is 16.7. The Bertz CT molecular complexity index is 90.3. The van der Waals surface area contributed by atoms with Gasteiger partial charge >= 0.3 is 7.82 Å². The van der Waals surface area contributed by atoms with E-state index in [-0.39, 0.29) is 22.4 Å². The van der Waals surface area contributed by atoms with E-state index in [1.54, 1.807) is 0 Å². The second-order valence-corrected chi connectivity index (χ2v) is 1.92. The molecule has 1 rings (SSSR count). The van der Waals surface area contributed by atoms with Gasteiger partial charge in [-0.15, -0.1) is 0 Å². The minimum Gasteiger partial charge on any atom is -0.299 e. The van der Waals surface area contributed by atoms with Crippen molar-refractivity contribution < 1.29 is 46.2 Å². The third kappa shape index (κ3) is 2.03. The fourth-order valence-corrected chi connectivity index (χ4v) is 0.247. The van der Waals surface area contributed by atoms with Crippen molar-refractivity contribution in [1.29, 1.82) is 0 Å². The van der Waals surface area contributed by atoms with E-state index < -0.39 is 7.82 Å². The van der Waals surface area contributed by atoms with Gasteiger partial charge in [0.2, 0.25) is 0 Å². The van der Waals surface area contributed by atoms with Crippen molar-refractivity contribution in [3.8, 4) is 0 Å². The molecule has 1 saturated heterocycles. The zero-order valence-electron chi connectivity index (χ0n) is 2.97. The molecule has 0 unspecified atom stereocenters. The maximum atomic E-state index is 9.66. The van der Waals surface area contributed by atoms with Gasteiger partial charge in [0.25, 0.3) is 0 Å². The van der Waals surface area contributed by atoms with Crippen LogP contribution in [0.1, 0.15) is 0 Å². The Morgan fingerprint density at radius 3 is 1.71 bits per heavy atom. The normalized spacial score (nSPS) is 24.7. The summed E-state index contributed by atoms with van der Waals surface area (Å²) in [5.41, 5.74) is 0. The van der Waals surface area contributed by atoms with Crippen LogP contribution in [0.25, 0.3) is 0 Å². The molecule has 7 heavy (non-hydrogen) atoms. The molecule has 0 aromatic rings. The molecule has 0 aromatic carbocycles. The molecule has 1 heterocycles. The monoisotopic (exact) mass is 205 g/mol. The molecule has 0 amide bonds. The van der Waals surface area contributed by atoms with Gasteiger partial charge in [-0.2, -0.15) is 0 Å². The second-order valence-electron chi connectivity index (χ2n) is 0.686. The van der Waals surface area contributed by atoms with Crippen molar-refractivity contribution in [3.05, 3.63) is 0 Å². The average molecular weight is 205 g/mol. The third-order valence-corrected chi connectivity index (χ3v) is 0.748. The first-order chi connectivity index (χ1) is 2.71. The van der Waals surface area contributed by atoms with Gasteiger partial charge in [-0.3, -0.25) is 4.89 Å². The topological polar surface area (TPSA) is 65.0 Å². The van der Waals surface area contributed by atoms with E-state index in [0.29, 0.717) is 0 Å². The quantitative estimate of drug-likeness (QED) is 0.342. The molecule has 0 aromatic heterocycles. The van der Waals surface area contributed by atoms with E-state index in [4.69, 9.17) is 4.89 Å². The molecule has 0 saturated carbocycles. The van der Waals surface area contributed by atoms with Crippen LogP contribution in [-0.4, -0.2) is 4.89 Å². The minimum atomic E-state index is -3.69. The average Bonchev–Trinajstić information content (AvgIpc) is 1.32. The smallest absolute Gasteiger partial charge is 0.299 e. The molecule has 0 spiro atoms. The molecule has 1 aliphatic rings. The predicted molar refractivity (Wildman–Crippen MR) is 13.1 cm³/mol. The van der Waals surface area contributed by atoms with Crippen LogP contribution in [0.2, 0.25) is 0 Å². The number of hydrogen-bond donors (Lipinski definition) is 1. The fourth-order valence-electron chi connectivity index (χ4n) is 0.0825. The van der Waals surface area contributed by atoms with Crippen LogP contribution >= 0.6 is 7.82 Å². The molecule has 1 radical (unpaired) electrons. The van der Waals surface area contributed by atoms with Crippen molar-refractivity contribution in [2.45, 2.75) is 0 Å². The van der Waals surface area contributed by atoms with Crippen LogP contribution < -0.4 is 0 Å². The Labute approximate surface area is 54.5 Å². The number of rotatable bonds is 0. The van der Waals surface area contributed by atoms with Crippen molar-refractivity contribution in [3.63, 3.8) is 0 Å². The van der Waals surface area contributed by atoms with E-state index in [9.17, 15) is 4.57 Å². The molecule has 7 heteroatoms. The van der Waals surface area contributed by atoms with Crippen LogP contribution in [0.3, 0.4) is 0 Å². The molecule has 0 bridgehead atoms. The second kappa shape index (κ2) is 2.39. The Hall–Kier alpha value is 0.810. The Kier molecular flexibility index (Phi) is 2.67. The van der Waals surface area contributed by atoms with Gasteiger partial charge in [0.1, 0.15) is 0 Å². The fraction of sp³-hybridized carbons (Fsp3) is 0. The minimum absolute atomic E-state index is 0. The van der Waals surface area contributed by atoms with E-state index in [1.165, 1.54) is 0 Å². The molecule has 1 aliphatic heterocycles. The van der Waals surface area contributed by atoms with Crippen molar-refractivity contribution in [1.82, 2.24) is 0 Å². The van der Waals surface area contributed by atoms with Crippen LogP contribution in [0.15, 0.2) is 0 Å². The summed E-state index contributed by atoms with van der Waals surface area (Å²) in [7, 11) is -3.69. The van der Waals surface area contributed by atoms with Gasteiger partial charge in [0.05, 0.1) is 0 Å². The van der Waals surface area contributed by atoms with Gasteiger partial charge in [0, 0.05) is 22.4 Å². The van der Waals surface area contributed by atoms with Crippen molar-refractivity contribution in [2.75, 3.05) is 0 Å². The standard InChI is InChI=1S/Nb.HO5P/c;1-6(2)4-3-5-6/h;(H,1,2). The molecule has 41 valence electrons. The first-order valence-electron chi connectivity index (χ1n) is 1.08. The molecule has 1 fully saturated rings. The number of hydrogen-bond acceptors (Lipinski definition) is 4. The van der Waals surface area contributed by atoms with E-state index in [2.05, 4.69) is 14.4 Å². The van der Waals surface area contributed by atoms with Crippen LogP contribution in [-0.2, 0) is 41.3 Å². The number of phosphoric acid groups is 1. The Morgan fingerprint density at radius 2 is 1.71 bits per heavy atom. The zero-order valence-corrected chi connectivity index (χ0v) is 6.07. The largest absolute Gasteiger partial charge is 0.531 e. The van der Waals surface area contributed by atoms with Gasteiger partial charge in [-0.1, -0.05) is 9.35 Å². The van der Waals surface area contributed by atoms with Crippen LogP contribution in [0, 0.1) is 0 Å². The molecule has 1 N–H and O–H groups in total. The van der Waals surface area contributed by atoms with E-state index in [1.807, 2.05) is 0 Å². The van der Waals surface area contributed by atoms with Crippen molar-refractivity contribution in [2.24, 2.45) is 0 Å². The maximum Gasteiger partial charge on any atom is 0.531 e. The van der Waals surface area contributed by atoms with Crippen LogP contribution in [0.4, 0.5) is 0 Å².